The van der Waals surface area contributed by atoms with Gasteiger partial charge in [-0.05, 0) is 36.4 Å². The van der Waals surface area contributed by atoms with Crippen LogP contribution >= 0.6 is 0 Å². The Balaban J connectivity index is 1.38. The Morgan fingerprint density at radius 1 is 1.31 bits per heavy atom. The Bertz CT molecular complexity index is 959. The van der Waals surface area contributed by atoms with E-state index in [1.54, 1.807) is 4.90 Å². The van der Waals surface area contributed by atoms with Gasteiger partial charge in [-0.2, -0.15) is 4.98 Å². The van der Waals surface area contributed by atoms with Crippen LogP contribution in [0.15, 0.2) is 35.0 Å². The third kappa shape index (κ3) is 2.59. The number of likely N-dealkylation sites (tertiary alicyclic amines) is 1. The fourth-order valence-corrected chi connectivity index (χ4v) is 3.77. The molecule has 5 rings (SSSR count). The third-order valence-corrected chi connectivity index (χ3v) is 5.48. The van der Waals surface area contributed by atoms with Crippen molar-refractivity contribution in [1.82, 2.24) is 20.0 Å². The van der Waals surface area contributed by atoms with Gasteiger partial charge in [0.1, 0.15) is 0 Å². The van der Waals surface area contributed by atoms with E-state index in [4.69, 9.17) is 4.52 Å². The molecule has 2 aromatic heterocycles. The Hall–Kier alpha value is -2.67. The average Bonchev–Trinajstić information content (AvgIpc) is 3.10. The molecule has 2 N–H and O–H groups in total. The first kappa shape index (κ1) is 15.6. The highest BCUT2D eigenvalue weighted by Gasteiger charge is 2.40. The molecule has 1 aromatic carbocycles. The first-order valence-electron chi connectivity index (χ1n) is 9.03. The summed E-state index contributed by atoms with van der Waals surface area (Å²) in [4.78, 5) is 22.4. The number of aromatic amines is 1. The van der Waals surface area contributed by atoms with Crippen LogP contribution in [-0.4, -0.2) is 50.7 Å². The highest BCUT2D eigenvalue weighted by atomic mass is 16.5. The van der Waals surface area contributed by atoms with Crippen LogP contribution in [-0.2, 0) is 0 Å². The van der Waals surface area contributed by atoms with Crippen LogP contribution in [0.4, 0.5) is 0 Å². The maximum absolute atomic E-state index is 12.9. The van der Waals surface area contributed by atoms with Gasteiger partial charge in [-0.1, -0.05) is 11.2 Å². The number of hydrogen-bond acceptors (Lipinski definition) is 5. The summed E-state index contributed by atoms with van der Waals surface area (Å²) in [6.45, 7) is 0.967. The topological polar surface area (TPSA) is 95.2 Å². The van der Waals surface area contributed by atoms with Crippen molar-refractivity contribution >= 4 is 16.8 Å². The first-order chi connectivity index (χ1) is 12.7. The van der Waals surface area contributed by atoms with E-state index < -0.39 is 0 Å². The predicted octanol–water partition coefficient (Wildman–Crippen LogP) is 2.28. The summed E-state index contributed by atoms with van der Waals surface area (Å²) in [7, 11) is 0. The lowest BCUT2D eigenvalue weighted by molar-refractivity contribution is 0.0781. The molecule has 0 spiro atoms. The quantitative estimate of drug-likeness (QED) is 0.751. The average molecular weight is 352 g/mol. The number of nitrogens with zero attached hydrogens (tertiary/aromatic N) is 3. The minimum Gasteiger partial charge on any atom is -0.396 e. The van der Waals surface area contributed by atoms with Gasteiger partial charge in [-0.25, -0.2) is 0 Å². The van der Waals surface area contributed by atoms with E-state index in [1.165, 1.54) is 0 Å². The summed E-state index contributed by atoms with van der Waals surface area (Å²) in [6.07, 6.45) is 4.08. The van der Waals surface area contributed by atoms with Crippen molar-refractivity contribution in [3.63, 3.8) is 0 Å². The van der Waals surface area contributed by atoms with E-state index in [0.717, 1.165) is 29.6 Å². The van der Waals surface area contributed by atoms with Gasteiger partial charge in [-0.15, -0.1) is 0 Å². The van der Waals surface area contributed by atoms with E-state index in [0.29, 0.717) is 30.5 Å². The number of H-pyrrole nitrogens is 1. The van der Waals surface area contributed by atoms with Crippen LogP contribution in [0, 0.1) is 5.92 Å². The van der Waals surface area contributed by atoms with Crippen molar-refractivity contribution in [1.29, 1.82) is 0 Å². The monoisotopic (exact) mass is 352 g/mol. The summed E-state index contributed by atoms with van der Waals surface area (Å²) in [5.41, 5.74) is 1.58. The van der Waals surface area contributed by atoms with Crippen molar-refractivity contribution in [3.8, 4) is 0 Å². The summed E-state index contributed by atoms with van der Waals surface area (Å²) in [5, 5.41) is 14.9. The zero-order valence-electron chi connectivity index (χ0n) is 14.3. The lowest BCUT2D eigenvalue weighted by Crippen LogP contribution is -2.29. The fourth-order valence-electron chi connectivity index (χ4n) is 3.77. The van der Waals surface area contributed by atoms with Gasteiger partial charge in [0.2, 0.25) is 5.89 Å². The Morgan fingerprint density at radius 2 is 2.19 bits per heavy atom. The van der Waals surface area contributed by atoms with Gasteiger partial charge in [0.05, 0.1) is 5.92 Å². The smallest absolute Gasteiger partial charge is 0.253 e. The Morgan fingerprint density at radius 3 is 3.00 bits per heavy atom. The van der Waals surface area contributed by atoms with Crippen molar-refractivity contribution in [3.05, 3.63) is 47.7 Å². The number of amides is 1. The van der Waals surface area contributed by atoms with Gasteiger partial charge in [-0.3, -0.25) is 4.79 Å². The molecule has 1 amide bonds. The second kappa shape index (κ2) is 5.95. The molecule has 1 saturated carbocycles. The number of aliphatic hydroxyl groups is 1. The minimum atomic E-state index is -0.113. The van der Waals surface area contributed by atoms with Crippen LogP contribution in [0.3, 0.4) is 0 Å². The molecule has 26 heavy (non-hydrogen) atoms. The number of fused-ring (bicyclic) bond motifs is 1. The van der Waals surface area contributed by atoms with Crippen LogP contribution in [0.1, 0.15) is 46.8 Å². The lowest BCUT2D eigenvalue weighted by Gasteiger charge is -2.16. The number of carbonyl (C=O) groups excluding carboxylic acids is 1. The predicted molar refractivity (Wildman–Crippen MR) is 93.8 cm³/mol. The van der Waals surface area contributed by atoms with Gasteiger partial charge < -0.3 is 19.5 Å². The molecule has 1 saturated heterocycles. The van der Waals surface area contributed by atoms with Gasteiger partial charge in [0.25, 0.3) is 5.91 Å². The number of carbonyl (C=O) groups is 1. The normalized spacial score (nSPS) is 23.0. The van der Waals surface area contributed by atoms with Gasteiger partial charge >= 0.3 is 0 Å². The van der Waals surface area contributed by atoms with Gasteiger partial charge in [0.15, 0.2) is 5.82 Å². The highest BCUT2D eigenvalue weighted by Crippen LogP contribution is 2.40. The number of benzene rings is 1. The highest BCUT2D eigenvalue weighted by molar-refractivity contribution is 5.98. The first-order valence-corrected chi connectivity index (χ1v) is 9.03. The van der Waals surface area contributed by atoms with Crippen LogP contribution in [0.5, 0.6) is 0 Å². The molecule has 0 radical (unpaired) electrons. The summed E-state index contributed by atoms with van der Waals surface area (Å²) in [5.74, 6) is 1.50. The molecule has 3 heterocycles. The van der Waals surface area contributed by atoms with Crippen molar-refractivity contribution < 1.29 is 14.4 Å². The van der Waals surface area contributed by atoms with E-state index in [-0.39, 0.29) is 24.3 Å². The van der Waals surface area contributed by atoms with E-state index in [2.05, 4.69) is 15.1 Å². The van der Waals surface area contributed by atoms with E-state index in [9.17, 15) is 9.90 Å². The van der Waals surface area contributed by atoms with E-state index >= 15 is 0 Å². The zero-order valence-corrected chi connectivity index (χ0v) is 14.3. The SMILES string of the molecule is O=C(c1ccc2cc[nH]c2c1)N1C[C@@H](CO)[C@H](c2nc(C3CC3)no2)C1. The standard InChI is InChI=1S/C19H20N4O3/c24-10-14-8-23(9-15(14)18-21-17(22-26-18)12-2-3-12)19(25)13-4-1-11-5-6-20-16(11)7-13/h1,4-7,12,14-15,20,24H,2-3,8-10H2/t14-,15+/m0/s1. The molecule has 1 aliphatic heterocycles. The maximum Gasteiger partial charge on any atom is 0.253 e. The van der Waals surface area contributed by atoms with Gasteiger partial charge in [0, 0.05) is 48.8 Å². The molecule has 2 atom stereocenters. The Kier molecular flexibility index (Phi) is 3.56. The molecule has 0 unspecified atom stereocenters. The van der Waals surface area contributed by atoms with Crippen LogP contribution in [0.25, 0.3) is 10.9 Å². The molecule has 1 aliphatic carbocycles. The molecular formula is C19H20N4O3. The molecule has 7 heteroatoms. The fraction of sp³-hybridized carbons (Fsp3) is 0.421. The number of aliphatic hydroxyl groups excluding tert-OH is 1. The number of aromatic nitrogens is 3. The zero-order chi connectivity index (χ0) is 17.7. The minimum absolute atomic E-state index is 0.00868. The summed E-state index contributed by atoms with van der Waals surface area (Å²) < 4.78 is 5.45. The number of nitrogens with one attached hydrogen (secondary N) is 1. The molecule has 7 nitrogen and oxygen atoms in total. The van der Waals surface area contributed by atoms with Crippen molar-refractivity contribution in [2.45, 2.75) is 24.7 Å². The van der Waals surface area contributed by atoms with Crippen LogP contribution in [0.2, 0.25) is 0 Å². The molecule has 0 bridgehead atoms. The van der Waals surface area contributed by atoms with E-state index in [1.807, 2.05) is 30.5 Å². The molecule has 2 aliphatic rings. The third-order valence-electron chi connectivity index (χ3n) is 5.48. The second-order valence-electron chi connectivity index (χ2n) is 7.30. The summed E-state index contributed by atoms with van der Waals surface area (Å²) in [6, 6.07) is 7.63. The lowest BCUT2D eigenvalue weighted by atomic mass is 9.97. The van der Waals surface area contributed by atoms with Crippen LogP contribution < -0.4 is 0 Å². The summed E-state index contributed by atoms with van der Waals surface area (Å²) >= 11 is 0. The molecule has 134 valence electrons. The molecule has 2 fully saturated rings. The maximum atomic E-state index is 12.9. The second-order valence-corrected chi connectivity index (χ2v) is 7.30. The number of hydrogen-bond donors (Lipinski definition) is 2. The molecule has 3 aromatic rings. The molecular weight excluding hydrogens is 332 g/mol. The van der Waals surface area contributed by atoms with Crippen molar-refractivity contribution in [2.24, 2.45) is 5.92 Å². The number of rotatable bonds is 4. The Labute approximate surface area is 150 Å². The van der Waals surface area contributed by atoms with Crippen molar-refractivity contribution in [2.75, 3.05) is 19.7 Å². The largest absolute Gasteiger partial charge is 0.396 e.